The first-order chi connectivity index (χ1) is 8.47. The Hall–Kier alpha value is -1.08. The van der Waals surface area contributed by atoms with E-state index in [1.807, 2.05) is 0 Å². The van der Waals surface area contributed by atoms with Gasteiger partial charge in [0.25, 0.3) is 0 Å². The summed E-state index contributed by atoms with van der Waals surface area (Å²) in [7, 11) is 0. The third kappa shape index (κ3) is 3.23. The maximum Gasteiger partial charge on any atom is 0.416 e. The largest absolute Gasteiger partial charge is 0.416 e. The third-order valence-corrected chi connectivity index (χ3v) is 3.26. The van der Waals surface area contributed by atoms with E-state index in [4.69, 9.17) is 11.6 Å². The summed E-state index contributed by atoms with van der Waals surface area (Å²) in [5.74, 6) is 0.810. The lowest BCUT2D eigenvalue weighted by Gasteiger charge is -2.07. The van der Waals surface area contributed by atoms with Crippen LogP contribution in [0.2, 0.25) is 5.02 Å². The fraction of sp³-hybridized carbons (Fsp3) is 0.300. The Morgan fingerprint density at radius 1 is 1.28 bits per heavy atom. The van der Waals surface area contributed by atoms with E-state index in [9.17, 15) is 13.2 Å². The first kappa shape index (κ1) is 13.4. The second-order valence-electron chi connectivity index (χ2n) is 3.38. The highest BCUT2D eigenvalue weighted by Crippen LogP contribution is 2.35. The lowest BCUT2D eigenvalue weighted by molar-refractivity contribution is -0.137. The molecule has 1 heterocycles. The minimum atomic E-state index is -4.42. The van der Waals surface area contributed by atoms with Gasteiger partial charge in [-0.2, -0.15) is 13.2 Å². The topological polar surface area (TPSA) is 37.1 Å². The van der Waals surface area contributed by atoms with Crippen LogP contribution in [0, 0.1) is 0 Å². The molecule has 0 aliphatic carbocycles. The van der Waals surface area contributed by atoms with E-state index in [1.165, 1.54) is 11.8 Å². The fourth-order valence-corrected chi connectivity index (χ4v) is 2.05. The van der Waals surface area contributed by atoms with E-state index < -0.39 is 11.7 Å². The molecule has 0 atom stereocenters. The molecule has 0 bridgehead atoms. The molecule has 0 saturated heterocycles. The maximum atomic E-state index is 12.5. The summed E-state index contributed by atoms with van der Waals surface area (Å²) in [6.07, 6.45) is -4.42. The van der Waals surface area contributed by atoms with Gasteiger partial charge in [0.15, 0.2) is 0 Å². The van der Waals surface area contributed by atoms with Crippen LogP contribution in [0.4, 0.5) is 18.9 Å². The number of alkyl halides is 3. The van der Waals surface area contributed by atoms with Gasteiger partial charge in [-0.15, -0.1) is 10.2 Å². The van der Waals surface area contributed by atoms with Gasteiger partial charge >= 0.3 is 6.18 Å². The number of rotatable bonds is 1. The lowest BCUT2D eigenvalue weighted by Crippen LogP contribution is -2.04. The van der Waals surface area contributed by atoms with Crippen LogP contribution < -0.4 is 0 Å². The van der Waals surface area contributed by atoms with Gasteiger partial charge < -0.3 is 0 Å². The Morgan fingerprint density at radius 2 is 2.06 bits per heavy atom. The van der Waals surface area contributed by atoms with Crippen LogP contribution in [-0.2, 0) is 6.18 Å². The molecule has 0 fully saturated rings. The third-order valence-electron chi connectivity index (χ3n) is 2.09. The number of hydrogen-bond donors (Lipinski definition) is 0. The van der Waals surface area contributed by atoms with Crippen LogP contribution in [0.1, 0.15) is 5.56 Å². The summed E-state index contributed by atoms with van der Waals surface area (Å²) < 4.78 is 37.5. The van der Waals surface area contributed by atoms with Crippen LogP contribution in [0.25, 0.3) is 0 Å². The summed E-state index contributed by atoms with van der Waals surface area (Å²) in [6, 6.07) is 2.93. The van der Waals surface area contributed by atoms with Gasteiger partial charge in [-0.05, 0) is 18.2 Å². The minimum Gasteiger partial charge on any atom is -0.258 e. The summed E-state index contributed by atoms with van der Waals surface area (Å²) >= 11 is 7.17. The molecule has 1 aliphatic rings. The molecule has 18 heavy (non-hydrogen) atoms. The van der Waals surface area contributed by atoms with Gasteiger partial charge in [0.05, 0.1) is 17.1 Å². The van der Waals surface area contributed by atoms with Crippen molar-refractivity contribution in [1.82, 2.24) is 0 Å². The molecule has 8 heteroatoms. The molecule has 1 aromatic carbocycles. The zero-order valence-electron chi connectivity index (χ0n) is 8.91. The lowest BCUT2D eigenvalue weighted by atomic mass is 10.2. The van der Waals surface area contributed by atoms with E-state index in [-0.39, 0.29) is 10.7 Å². The molecule has 3 nitrogen and oxygen atoms in total. The molecule has 96 valence electrons. The summed E-state index contributed by atoms with van der Waals surface area (Å²) in [6.45, 7) is 0.648. The average Bonchev–Trinajstić information content (AvgIpc) is 2.79. The molecule has 0 amide bonds. The number of benzene rings is 1. The van der Waals surface area contributed by atoms with Gasteiger partial charge in [0, 0.05) is 5.75 Å². The number of aliphatic imine (C=N–C) groups is 1. The Bertz CT molecular complexity index is 514. The number of azo groups is 1. The molecular formula is C10H7ClF3N3S. The minimum absolute atomic E-state index is 0.0123. The smallest absolute Gasteiger partial charge is 0.258 e. The van der Waals surface area contributed by atoms with Crippen molar-refractivity contribution >= 4 is 34.2 Å². The van der Waals surface area contributed by atoms with E-state index >= 15 is 0 Å². The molecule has 1 aliphatic heterocycles. The van der Waals surface area contributed by atoms with Gasteiger partial charge in [-0.1, -0.05) is 23.4 Å². The van der Waals surface area contributed by atoms with Crippen LogP contribution in [0.5, 0.6) is 0 Å². The Labute approximate surface area is 110 Å². The average molecular weight is 294 g/mol. The van der Waals surface area contributed by atoms with Crippen molar-refractivity contribution in [3.8, 4) is 0 Å². The molecular weight excluding hydrogens is 287 g/mol. The van der Waals surface area contributed by atoms with Gasteiger partial charge in [-0.3, -0.25) is 4.99 Å². The standard InChI is InChI=1S/C10H7ClF3N3S/c11-7-2-1-6(10(12,13)14)5-8(7)16-17-9-15-3-4-18-9/h1-2,5H,3-4H2. The first-order valence-corrected chi connectivity index (χ1v) is 6.29. The van der Waals surface area contributed by atoms with Crippen molar-refractivity contribution in [2.45, 2.75) is 6.18 Å². The molecule has 0 radical (unpaired) electrons. The summed E-state index contributed by atoms with van der Waals surface area (Å²) in [5, 5.41) is 8.05. The summed E-state index contributed by atoms with van der Waals surface area (Å²) in [5.41, 5.74) is -0.816. The van der Waals surface area contributed by atoms with Crippen LogP contribution in [-0.4, -0.2) is 17.5 Å². The normalized spacial score (nSPS) is 16.3. The van der Waals surface area contributed by atoms with Crippen LogP contribution in [0.3, 0.4) is 0 Å². The monoisotopic (exact) mass is 293 g/mol. The van der Waals surface area contributed by atoms with Crippen LogP contribution >= 0.6 is 23.4 Å². The molecule has 0 saturated carbocycles. The van der Waals surface area contributed by atoms with Crippen LogP contribution in [0.15, 0.2) is 33.4 Å². The highest BCUT2D eigenvalue weighted by Gasteiger charge is 2.31. The Balaban J connectivity index is 2.26. The Morgan fingerprint density at radius 3 is 2.67 bits per heavy atom. The molecule has 0 N–H and O–H groups in total. The second-order valence-corrected chi connectivity index (χ2v) is 4.85. The highest BCUT2D eigenvalue weighted by atomic mass is 35.5. The van der Waals surface area contributed by atoms with Crippen molar-refractivity contribution in [2.24, 2.45) is 15.2 Å². The number of hydrogen-bond acceptors (Lipinski definition) is 4. The SMILES string of the molecule is FC(F)(F)c1ccc(Cl)c(N=NC2=NCCS2)c1. The fourth-order valence-electron chi connectivity index (χ4n) is 1.25. The first-order valence-electron chi connectivity index (χ1n) is 4.92. The number of nitrogens with zero attached hydrogens (tertiary/aromatic N) is 3. The summed E-state index contributed by atoms with van der Waals surface area (Å²) in [4.78, 5) is 4.01. The van der Waals surface area contributed by atoms with Crippen molar-refractivity contribution in [3.63, 3.8) is 0 Å². The predicted molar refractivity (Wildman–Crippen MR) is 65.7 cm³/mol. The zero-order valence-corrected chi connectivity index (χ0v) is 10.5. The van der Waals surface area contributed by atoms with Crippen molar-refractivity contribution < 1.29 is 13.2 Å². The predicted octanol–water partition coefficient (Wildman–Crippen LogP) is 4.55. The van der Waals surface area contributed by atoms with Crippen molar-refractivity contribution in [1.29, 1.82) is 0 Å². The Kier molecular flexibility index (Phi) is 3.91. The molecule has 1 aromatic rings. The maximum absolute atomic E-state index is 12.5. The van der Waals surface area contributed by atoms with Gasteiger partial charge in [-0.25, -0.2) is 0 Å². The molecule has 2 rings (SSSR count). The van der Waals surface area contributed by atoms with Gasteiger partial charge in [0.2, 0.25) is 5.17 Å². The van der Waals surface area contributed by atoms with Gasteiger partial charge in [0.1, 0.15) is 5.69 Å². The molecule has 0 aromatic heterocycles. The van der Waals surface area contributed by atoms with E-state index in [1.54, 1.807) is 0 Å². The highest BCUT2D eigenvalue weighted by molar-refractivity contribution is 8.14. The number of amidine groups is 1. The van der Waals surface area contributed by atoms with Crippen molar-refractivity contribution in [3.05, 3.63) is 28.8 Å². The van der Waals surface area contributed by atoms with E-state index in [0.29, 0.717) is 11.7 Å². The molecule has 0 unspecified atom stereocenters. The van der Waals surface area contributed by atoms with E-state index in [2.05, 4.69) is 15.2 Å². The second kappa shape index (κ2) is 5.27. The van der Waals surface area contributed by atoms with Crippen molar-refractivity contribution in [2.75, 3.05) is 12.3 Å². The quantitative estimate of drug-likeness (QED) is 0.700. The number of thioether (sulfide) groups is 1. The zero-order chi connectivity index (χ0) is 13.2. The van der Waals surface area contributed by atoms with E-state index in [0.717, 1.165) is 24.0 Å². The number of halogens is 4. The molecule has 0 spiro atoms.